The molecule has 5 nitrogen and oxygen atoms in total. The van der Waals surface area contributed by atoms with Crippen molar-refractivity contribution < 1.29 is 23.7 Å². The van der Waals surface area contributed by atoms with Gasteiger partial charge in [-0.05, 0) is 12.1 Å². The molecule has 0 atom stereocenters. The van der Waals surface area contributed by atoms with Gasteiger partial charge in [0.15, 0.2) is 17.3 Å². The Bertz CT molecular complexity index is 456. The van der Waals surface area contributed by atoms with Gasteiger partial charge in [-0.15, -0.1) is 0 Å². The number of rotatable bonds is 5. The molecule has 0 aliphatic carbocycles. The van der Waals surface area contributed by atoms with Crippen LogP contribution in [0.2, 0.25) is 0 Å². The van der Waals surface area contributed by atoms with Crippen molar-refractivity contribution in [2.45, 2.75) is 19.6 Å². The van der Waals surface area contributed by atoms with E-state index in [1.165, 1.54) is 0 Å². The molecule has 1 aliphatic rings. The minimum Gasteiger partial charge on any atom is -0.493 e. The highest BCUT2D eigenvalue weighted by Gasteiger charge is 2.28. The Hall–Kier alpha value is -2.04. The molecule has 0 N–H and O–H groups in total. The van der Waals surface area contributed by atoms with Crippen LogP contribution in [0.25, 0.3) is 0 Å². The van der Waals surface area contributed by atoms with Gasteiger partial charge >= 0.3 is 0 Å². The van der Waals surface area contributed by atoms with Crippen LogP contribution in [0.15, 0.2) is 30.2 Å². The van der Waals surface area contributed by atoms with E-state index in [4.69, 9.17) is 23.7 Å². The van der Waals surface area contributed by atoms with Crippen LogP contribution in [0.5, 0.6) is 17.2 Å². The monoisotopic (exact) mass is 266 g/mol. The molecule has 0 saturated heterocycles. The zero-order valence-electron chi connectivity index (χ0n) is 11.6. The van der Waals surface area contributed by atoms with Crippen LogP contribution in [0.4, 0.5) is 0 Å². The predicted molar refractivity (Wildman–Crippen MR) is 69.4 cm³/mol. The van der Waals surface area contributed by atoms with Gasteiger partial charge in [0, 0.05) is 13.8 Å². The van der Waals surface area contributed by atoms with Crippen molar-refractivity contribution >= 4 is 0 Å². The molecule has 0 fully saturated rings. The number of benzene rings is 1. The number of methoxy groups -OCH3 is 2. The highest BCUT2D eigenvalue weighted by atomic mass is 16.7. The van der Waals surface area contributed by atoms with Gasteiger partial charge in [0.1, 0.15) is 12.9 Å². The van der Waals surface area contributed by atoms with Crippen LogP contribution in [-0.2, 0) is 9.47 Å². The van der Waals surface area contributed by atoms with Gasteiger partial charge in [0.2, 0.25) is 11.5 Å². The Kier molecular flexibility index (Phi) is 3.74. The normalized spacial score (nSPS) is 16.1. The molecule has 2 rings (SSSR count). The smallest absolute Gasteiger partial charge is 0.244 e. The minimum atomic E-state index is -0.635. The van der Waals surface area contributed by atoms with Crippen molar-refractivity contribution in [3.05, 3.63) is 30.2 Å². The fourth-order valence-corrected chi connectivity index (χ4v) is 1.74. The number of hydrogen-bond donors (Lipinski definition) is 0. The SMILES string of the molecule is COc1cccc(OC)c1OCC1=COC(C)(C)O1. The largest absolute Gasteiger partial charge is 0.493 e. The van der Waals surface area contributed by atoms with Crippen LogP contribution in [0, 0.1) is 0 Å². The number of ether oxygens (including phenoxy) is 5. The molecule has 1 aromatic rings. The number of hydrogen-bond acceptors (Lipinski definition) is 5. The fraction of sp³-hybridized carbons (Fsp3) is 0.429. The molecule has 0 saturated carbocycles. The first kappa shape index (κ1) is 13.4. The van der Waals surface area contributed by atoms with Gasteiger partial charge in [0.25, 0.3) is 0 Å². The molecule has 5 heteroatoms. The molecular formula is C14H18O5. The zero-order valence-corrected chi connectivity index (χ0v) is 11.6. The van der Waals surface area contributed by atoms with Gasteiger partial charge in [0.05, 0.1) is 14.2 Å². The lowest BCUT2D eigenvalue weighted by atomic mass is 10.3. The quantitative estimate of drug-likeness (QED) is 0.820. The summed E-state index contributed by atoms with van der Waals surface area (Å²) in [4.78, 5) is 0. The summed E-state index contributed by atoms with van der Waals surface area (Å²) in [7, 11) is 3.17. The van der Waals surface area contributed by atoms with Crippen LogP contribution in [-0.4, -0.2) is 26.6 Å². The molecule has 1 aromatic carbocycles. The Morgan fingerprint density at radius 1 is 1.11 bits per heavy atom. The van der Waals surface area contributed by atoms with E-state index in [1.807, 2.05) is 32.0 Å². The summed E-state index contributed by atoms with van der Waals surface area (Å²) in [6.45, 7) is 3.92. The second-order valence-corrected chi connectivity index (χ2v) is 4.48. The Morgan fingerprint density at radius 3 is 2.21 bits per heavy atom. The van der Waals surface area contributed by atoms with Crippen molar-refractivity contribution in [1.29, 1.82) is 0 Å². The zero-order chi connectivity index (χ0) is 13.9. The molecule has 0 spiro atoms. The summed E-state index contributed by atoms with van der Waals surface area (Å²) >= 11 is 0. The average molecular weight is 266 g/mol. The molecule has 104 valence electrons. The van der Waals surface area contributed by atoms with E-state index in [0.29, 0.717) is 23.0 Å². The first-order chi connectivity index (χ1) is 9.05. The summed E-state index contributed by atoms with van der Waals surface area (Å²) < 4.78 is 27.1. The highest BCUT2D eigenvalue weighted by molar-refractivity contribution is 5.51. The van der Waals surface area contributed by atoms with E-state index in [1.54, 1.807) is 20.5 Å². The third-order valence-corrected chi connectivity index (χ3v) is 2.59. The maximum absolute atomic E-state index is 5.70. The van der Waals surface area contributed by atoms with E-state index < -0.39 is 5.79 Å². The van der Waals surface area contributed by atoms with Crippen LogP contribution < -0.4 is 14.2 Å². The lowest BCUT2D eigenvalue weighted by Crippen LogP contribution is -2.21. The van der Waals surface area contributed by atoms with Crippen LogP contribution >= 0.6 is 0 Å². The number of para-hydroxylation sites is 1. The summed E-state index contributed by atoms with van der Waals surface area (Å²) in [6, 6.07) is 5.45. The molecule has 1 heterocycles. The molecule has 0 bridgehead atoms. The summed E-state index contributed by atoms with van der Waals surface area (Å²) in [5, 5.41) is 0. The molecule has 0 radical (unpaired) electrons. The molecule has 19 heavy (non-hydrogen) atoms. The lowest BCUT2D eigenvalue weighted by molar-refractivity contribution is -0.119. The molecule has 0 aromatic heterocycles. The van der Waals surface area contributed by atoms with Crippen LogP contribution in [0.1, 0.15) is 13.8 Å². The maximum Gasteiger partial charge on any atom is 0.244 e. The summed E-state index contributed by atoms with van der Waals surface area (Å²) in [5.41, 5.74) is 0. The lowest BCUT2D eigenvalue weighted by Gasteiger charge is -2.19. The van der Waals surface area contributed by atoms with E-state index in [0.717, 1.165) is 0 Å². The highest BCUT2D eigenvalue weighted by Crippen LogP contribution is 2.37. The average Bonchev–Trinajstić information content (AvgIpc) is 2.75. The molecule has 0 amide bonds. The van der Waals surface area contributed by atoms with Crippen molar-refractivity contribution in [2.75, 3.05) is 20.8 Å². The van der Waals surface area contributed by atoms with Gasteiger partial charge in [-0.2, -0.15) is 0 Å². The van der Waals surface area contributed by atoms with Crippen LogP contribution in [0.3, 0.4) is 0 Å². The van der Waals surface area contributed by atoms with E-state index in [2.05, 4.69) is 0 Å². The van der Waals surface area contributed by atoms with Gasteiger partial charge in [-0.25, -0.2) is 0 Å². The second kappa shape index (κ2) is 5.30. The van der Waals surface area contributed by atoms with Gasteiger partial charge in [-0.1, -0.05) is 6.07 Å². The fourth-order valence-electron chi connectivity index (χ4n) is 1.74. The van der Waals surface area contributed by atoms with E-state index in [9.17, 15) is 0 Å². The topological polar surface area (TPSA) is 46.2 Å². The predicted octanol–water partition coefficient (Wildman–Crippen LogP) is 2.71. The van der Waals surface area contributed by atoms with Crippen molar-refractivity contribution in [1.82, 2.24) is 0 Å². The van der Waals surface area contributed by atoms with Crippen molar-refractivity contribution in [3.63, 3.8) is 0 Å². The van der Waals surface area contributed by atoms with Crippen molar-refractivity contribution in [3.8, 4) is 17.2 Å². The summed E-state index contributed by atoms with van der Waals surface area (Å²) in [6.07, 6.45) is 1.56. The Labute approximate surface area is 112 Å². The summed E-state index contributed by atoms with van der Waals surface area (Å²) in [5.74, 6) is 1.75. The van der Waals surface area contributed by atoms with Crippen molar-refractivity contribution in [2.24, 2.45) is 0 Å². The minimum absolute atomic E-state index is 0.250. The van der Waals surface area contributed by atoms with E-state index >= 15 is 0 Å². The third-order valence-electron chi connectivity index (χ3n) is 2.59. The molecule has 0 unspecified atom stereocenters. The molecule has 1 aliphatic heterocycles. The maximum atomic E-state index is 5.70. The molecular weight excluding hydrogens is 248 g/mol. The Balaban J connectivity index is 2.07. The standard InChI is InChI=1S/C14H18O5/c1-14(2)18-9-10(19-14)8-17-13-11(15-3)6-5-7-12(13)16-4/h5-7,9H,8H2,1-4H3. The van der Waals surface area contributed by atoms with E-state index in [-0.39, 0.29) is 6.61 Å². The van der Waals surface area contributed by atoms with Gasteiger partial charge in [-0.3, -0.25) is 0 Å². The Morgan fingerprint density at radius 2 is 1.74 bits per heavy atom. The first-order valence-corrected chi connectivity index (χ1v) is 5.95. The van der Waals surface area contributed by atoms with Gasteiger partial charge < -0.3 is 23.7 Å². The first-order valence-electron chi connectivity index (χ1n) is 5.95. The second-order valence-electron chi connectivity index (χ2n) is 4.48. The third kappa shape index (κ3) is 3.05.